The van der Waals surface area contributed by atoms with Crippen molar-refractivity contribution in [2.75, 3.05) is 33.3 Å². The Balaban J connectivity index is 0.000000406. The summed E-state index contributed by atoms with van der Waals surface area (Å²) in [6, 6.07) is 11.0. The maximum absolute atomic E-state index is 12.9. The van der Waals surface area contributed by atoms with Gasteiger partial charge in [0.2, 0.25) is 10.0 Å². The van der Waals surface area contributed by atoms with E-state index in [1.807, 2.05) is 18.3 Å². The molecule has 2 aliphatic heterocycles. The minimum atomic E-state index is -5.08. The third kappa shape index (κ3) is 6.24. The van der Waals surface area contributed by atoms with Crippen LogP contribution in [-0.2, 0) is 21.4 Å². The van der Waals surface area contributed by atoms with Crippen LogP contribution >= 0.6 is 0 Å². The fourth-order valence-corrected chi connectivity index (χ4v) is 5.43. The Morgan fingerprint density at radius 2 is 1.82 bits per heavy atom. The largest absolute Gasteiger partial charge is 0.492 e. The van der Waals surface area contributed by atoms with E-state index in [1.165, 1.54) is 9.87 Å². The molecule has 1 N–H and O–H groups in total. The first-order valence-electron chi connectivity index (χ1n) is 10.5. The summed E-state index contributed by atoms with van der Waals surface area (Å²) in [6.45, 7) is 3.76. The van der Waals surface area contributed by atoms with Crippen LogP contribution in [0.5, 0.6) is 5.75 Å². The molecule has 0 bridgehead atoms. The number of halogens is 3. The summed E-state index contributed by atoms with van der Waals surface area (Å²) in [4.78, 5) is 15.7. The molecule has 8 nitrogen and oxygen atoms in total. The van der Waals surface area contributed by atoms with Gasteiger partial charge in [-0.25, -0.2) is 17.5 Å². The van der Waals surface area contributed by atoms with Crippen LogP contribution in [-0.4, -0.2) is 73.1 Å². The van der Waals surface area contributed by atoms with E-state index in [-0.39, 0.29) is 10.3 Å². The number of carboxylic acid groups (broad SMARTS) is 1. The second-order valence-electron chi connectivity index (χ2n) is 8.44. The number of piperidine rings is 1. The summed E-state index contributed by atoms with van der Waals surface area (Å²) in [7, 11) is -1.85. The summed E-state index contributed by atoms with van der Waals surface area (Å²) in [5.41, 5.74) is 1.05. The molecule has 34 heavy (non-hydrogen) atoms. The molecule has 1 saturated heterocycles. The van der Waals surface area contributed by atoms with Crippen molar-refractivity contribution in [3.05, 3.63) is 54.4 Å². The number of aliphatic carboxylic acids is 1. The SMILES string of the molecule is CN1CC2(CCN(Cc3cccnc3)CC2)COc2ccccc2S1(=O)=O.O=C(O)C(F)(F)F. The molecule has 0 atom stereocenters. The quantitative estimate of drug-likeness (QED) is 0.675. The zero-order valence-corrected chi connectivity index (χ0v) is 19.3. The number of fused-ring (bicyclic) bond motifs is 1. The van der Waals surface area contributed by atoms with E-state index in [4.69, 9.17) is 14.6 Å². The number of benzene rings is 1. The van der Waals surface area contributed by atoms with Crippen LogP contribution in [0.2, 0.25) is 0 Å². The standard InChI is InChI=1S/C20H25N3O3S.C2HF3O2/c1-22-15-20(16-26-18-6-2-3-7-19(18)27(22,24)25)8-11-23(12-9-20)14-17-5-4-10-21-13-17;3-2(4,5)1(6)7/h2-7,10,13H,8-9,11-12,14-16H2,1H3;(H,6,7). The third-order valence-corrected chi connectivity index (χ3v) is 7.76. The predicted octanol–water partition coefficient (Wildman–Crippen LogP) is 3.01. The summed E-state index contributed by atoms with van der Waals surface area (Å²) in [5.74, 6) is -2.30. The van der Waals surface area contributed by atoms with Crippen molar-refractivity contribution in [2.24, 2.45) is 5.41 Å². The van der Waals surface area contributed by atoms with Gasteiger partial charge in [0.1, 0.15) is 10.6 Å². The van der Waals surface area contributed by atoms with Gasteiger partial charge in [0.25, 0.3) is 0 Å². The number of rotatable bonds is 2. The molecule has 1 spiro atoms. The van der Waals surface area contributed by atoms with E-state index >= 15 is 0 Å². The van der Waals surface area contributed by atoms with Crippen LogP contribution < -0.4 is 4.74 Å². The van der Waals surface area contributed by atoms with Crippen LogP contribution in [0.4, 0.5) is 13.2 Å². The number of para-hydroxylation sites is 1. The van der Waals surface area contributed by atoms with E-state index in [2.05, 4.69) is 16.0 Å². The van der Waals surface area contributed by atoms with Gasteiger partial charge in [-0.05, 0) is 49.7 Å². The zero-order valence-electron chi connectivity index (χ0n) is 18.5. The number of pyridine rings is 1. The number of likely N-dealkylation sites (tertiary alicyclic amines) is 1. The molecule has 0 unspecified atom stereocenters. The van der Waals surface area contributed by atoms with Crippen LogP contribution in [0.25, 0.3) is 0 Å². The van der Waals surface area contributed by atoms with E-state index in [0.29, 0.717) is 18.9 Å². The average molecular weight is 502 g/mol. The Kier molecular flexibility index (Phi) is 7.84. The number of aromatic nitrogens is 1. The molecule has 0 amide bonds. The van der Waals surface area contributed by atoms with Crippen LogP contribution in [0.3, 0.4) is 0 Å². The maximum Gasteiger partial charge on any atom is 0.490 e. The molecule has 2 aliphatic rings. The highest BCUT2D eigenvalue weighted by Gasteiger charge is 2.41. The number of carbonyl (C=O) groups is 1. The highest BCUT2D eigenvalue weighted by Crippen LogP contribution is 2.38. The van der Waals surface area contributed by atoms with Gasteiger partial charge in [-0.3, -0.25) is 9.88 Å². The van der Waals surface area contributed by atoms with Crippen molar-refractivity contribution in [2.45, 2.75) is 30.5 Å². The number of carboxylic acids is 1. The van der Waals surface area contributed by atoms with Gasteiger partial charge in [-0.2, -0.15) is 13.2 Å². The lowest BCUT2D eigenvalue weighted by molar-refractivity contribution is -0.192. The predicted molar refractivity (Wildman–Crippen MR) is 117 cm³/mol. The Bertz CT molecular complexity index is 1090. The van der Waals surface area contributed by atoms with Crippen LogP contribution in [0.1, 0.15) is 18.4 Å². The lowest BCUT2D eigenvalue weighted by Gasteiger charge is -2.44. The lowest BCUT2D eigenvalue weighted by Crippen LogP contribution is -2.50. The number of alkyl halides is 3. The Labute approximate surface area is 196 Å². The molecule has 4 rings (SSSR count). The van der Waals surface area contributed by atoms with E-state index in [9.17, 15) is 21.6 Å². The van der Waals surface area contributed by atoms with Crippen molar-refractivity contribution in [3.63, 3.8) is 0 Å². The van der Waals surface area contributed by atoms with Gasteiger partial charge in [-0.1, -0.05) is 18.2 Å². The van der Waals surface area contributed by atoms with Crippen molar-refractivity contribution in [1.82, 2.24) is 14.2 Å². The fraction of sp³-hybridized carbons (Fsp3) is 0.455. The first kappa shape index (κ1) is 25.9. The van der Waals surface area contributed by atoms with Gasteiger partial charge in [0.15, 0.2) is 0 Å². The third-order valence-electron chi connectivity index (χ3n) is 5.92. The second-order valence-corrected chi connectivity index (χ2v) is 10.5. The highest BCUT2D eigenvalue weighted by molar-refractivity contribution is 7.89. The molecule has 186 valence electrons. The first-order chi connectivity index (χ1) is 15.9. The van der Waals surface area contributed by atoms with Gasteiger partial charge < -0.3 is 9.84 Å². The van der Waals surface area contributed by atoms with Crippen LogP contribution in [0.15, 0.2) is 53.7 Å². The van der Waals surface area contributed by atoms with E-state index in [0.717, 1.165) is 32.5 Å². The average Bonchev–Trinajstić information content (AvgIpc) is 2.79. The minimum Gasteiger partial charge on any atom is -0.492 e. The van der Waals surface area contributed by atoms with Gasteiger partial charge >= 0.3 is 12.1 Å². The van der Waals surface area contributed by atoms with Crippen molar-refractivity contribution in [3.8, 4) is 5.75 Å². The fourth-order valence-electron chi connectivity index (χ4n) is 4.02. The molecule has 1 aromatic carbocycles. The van der Waals surface area contributed by atoms with E-state index in [1.54, 1.807) is 31.4 Å². The van der Waals surface area contributed by atoms with Gasteiger partial charge in [0, 0.05) is 37.9 Å². The molecular formula is C22H26F3N3O5S. The molecule has 2 aromatic rings. The normalized spacial score (nSPS) is 20.1. The Morgan fingerprint density at radius 3 is 2.41 bits per heavy atom. The Hall–Kier alpha value is -2.70. The number of ether oxygens (including phenoxy) is 1. The maximum atomic E-state index is 12.9. The number of sulfonamides is 1. The number of nitrogens with zero attached hydrogens (tertiary/aromatic N) is 3. The molecule has 1 aromatic heterocycles. The smallest absolute Gasteiger partial charge is 0.490 e. The lowest BCUT2D eigenvalue weighted by atomic mass is 9.79. The molecule has 0 radical (unpaired) electrons. The first-order valence-corrected chi connectivity index (χ1v) is 12.0. The van der Waals surface area contributed by atoms with Crippen molar-refractivity contribution >= 4 is 16.0 Å². The number of hydrogen-bond donors (Lipinski definition) is 1. The molecule has 3 heterocycles. The zero-order chi connectivity index (χ0) is 25.0. The summed E-state index contributed by atoms with van der Waals surface area (Å²) in [5, 5.41) is 7.12. The highest BCUT2D eigenvalue weighted by atomic mass is 32.2. The topological polar surface area (TPSA) is 100 Å². The summed E-state index contributed by atoms with van der Waals surface area (Å²) < 4.78 is 65.1. The summed E-state index contributed by atoms with van der Waals surface area (Å²) in [6.07, 6.45) is 0.430. The minimum absolute atomic E-state index is 0.152. The molecule has 1 fully saturated rings. The van der Waals surface area contributed by atoms with Gasteiger partial charge in [0.05, 0.1) is 6.61 Å². The summed E-state index contributed by atoms with van der Waals surface area (Å²) >= 11 is 0. The van der Waals surface area contributed by atoms with Gasteiger partial charge in [-0.15, -0.1) is 0 Å². The van der Waals surface area contributed by atoms with Crippen molar-refractivity contribution in [1.29, 1.82) is 0 Å². The molecule has 12 heteroatoms. The number of hydrogen-bond acceptors (Lipinski definition) is 6. The monoisotopic (exact) mass is 501 g/mol. The molecule has 0 saturated carbocycles. The van der Waals surface area contributed by atoms with E-state index < -0.39 is 22.2 Å². The Morgan fingerprint density at radius 1 is 1.18 bits per heavy atom. The molecular weight excluding hydrogens is 475 g/mol. The molecule has 0 aliphatic carbocycles. The van der Waals surface area contributed by atoms with Crippen LogP contribution in [0, 0.1) is 5.41 Å². The van der Waals surface area contributed by atoms with Crippen molar-refractivity contribution < 1.29 is 36.2 Å². The second kappa shape index (κ2) is 10.3.